The Kier molecular flexibility index (Phi) is 4.06. The highest BCUT2D eigenvalue weighted by molar-refractivity contribution is 7.91. The lowest BCUT2D eigenvalue weighted by Gasteiger charge is -2.07. The zero-order chi connectivity index (χ0) is 8.86. The highest BCUT2D eigenvalue weighted by Crippen LogP contribution is 2.12. The van der Waals surface area contributed by atoms with Crippen LogP contribution < -0.4 is 0 Å². The van der Waals surface area contributed by atoms with E-state index in [0.29, 0.717) is 11.5 Å². The van der Waals surface area contributed by atoms with Crippen molar-refractivity contribution in [1.29, 1.82) is 0 Å². The summed E-state index contributed by atoms with van der Waals surface area (Å²) in [7, 11) is -2.68. The highest BCUT2D eigenvalue weighted by Gasteiger charge is 2.10. The smallest absolute Gasteiger partial charge is 0.150 e. The van der Waals surface area contributed by atoms with Crippen LogP contribution in [0.1, 0.15) is 44.9 Å². The topological polar surface area (TPSA) is 34.1 Å². The standard InChI is InChI=1S/C9H18O2S/c10-12(11)8-6-4-2-1-3-5-7-9-12/h1-9H2. The molecule has 2 nitrogen and oxygen atoms in total. The monoisotopic (exact) mass is 190 g/mol. The van der Waals surface area contributed by atoms with Crippen molar-refractivity contribution in [3.63, 3.8) is 0 Å². The molecule has 12 heavy (non-hydrogen) atoms. The average Bonchev–Trinajstić information content (AvgIpc) is 2.02. The normalized spacial score (nSPS) is 26.3. The third-order valence-electron chi connectivity index (χ3n) is 2.41. The minimum atomic E-state index is -2.68. The number of sulfone groups is 1. The summed E-state index contributed by atoms with van der Waals surface area (Å²) >= 11 is 0. The summed E-state index contributed by atoms with van der Waals surface area (Å²) in [6, 6.07) is 0. The van der Waals surface area contributed by atoms with Gasteiger partial charge in [0, 0.05) is 0 Å². The van der Waals surface area contributed by atoms with E-state index in [2.05, 4.69) is 0 Å². The third-order valence-corrected chi connectivity index (χ3v) is 4.23. The van der Waals surface area contributed by atoms with Crippen LogP contribution in [-0.2, 0) is 9.84 Å². The van der Waals surface area contributed by atoms with Crippen LogP contribution in [0, 0.1) is 0 Å². The van der Waals surface area contributed by atoms with Crippen molar-refractivity contribution >= 4 is 9.84 Å². The number of rotatable bonds is 0. The van der Waals surface area contributed by atoms with Gasteiger partial charge in [-0.15, -0.1) is 0 Å². The third kappa shape index (κ3) is 4.10. The molecule has 1 saturated heterocycles. The summed E-state index contributed by atoms with van der Waals surface area (Å²) in [5, 5.41) is 0. The predicted octanol–water partition coefficient (Wildman–Crippen LogP) is 2.15. The zero-order valence-corrected chi connectivity index (χ0v) is 8.41. The van der Waals surface area contributed by atoms with Crippen molar-refractivity contribution in [3.8, 4) is 0 Å². The van der Waals surface area contributed by atoms with Crippen LogP contribution in [0.2, 0.25) is 0 Å². The molecule has 0 unspecified atom stereocenters. The maximum absolute atomic E-state index is 11.3. The van der Waals surface area contributed by atoms with E-state index < -0.39 is 9.84 Å². The second-order valence-corrected chi connectivity index (χ2v) is 5.93. The van der Waals surface area contributed by atoms with Gasteiger partial charge < -0.3 is 0 Å². The lowest BCUT2D eigenvalue weighted by atomic mass is 10.1. The van der Waals surface area contributed by atoms with Crippen LogP contribution in [0.3, 0.4) is 0 Å². The molecule has 0 aromatic carbocycles. The van der Waals surface area contributed by atoms with E-state index in [-0.39, 0.29) is 0 Å². The van der Waals surface area contributed by atoms with Crippen LogP contribution >= 0.6 is 0 Å². The maximum Gasteiger partial charge on any atom is 0.150 e. The van der Waals surface area contributed by atoms with E-state index in [4.69, 9.17) is 0 Å². The van der Waals surface area contributed by atoms with Gasteiger partial charge in [0.15, 0.2) is 0 Å². The Morgan fingerprint density at radius 2 is 0.917 bits per heavy atom. The van der Waals surface area contributed by atoms with Gasteiger partial charge >= 0.3 is 0 Å². The second-order valence-electron chi connectivity index (χ2n) is 3.63. The molecule has 1 rings (SSSR count). The van der Waals surface area contributed by atoms with Gasteiger partial charge in [0.2, 0.25) is 0 Å². The molecule has 0 N–H and O–H groups in total. The van der Waals surface area contributed by atoms with Gasteiger partial charge in [-0.3, -0.25) is 0 Å². The SMILES string of the molecule is O=S1(=O)CCCCCCCCC1. The average molecular weight is 190 g/mol. The molecule has 1 aliphatic rings. The highest BCUT2D eigenvalue weighted by atomic mass is 32.2. The zero-order valence-electron chi connectivity index (χ0n) is 7.59. The van der Waals surface area contributed by atoms with Gasteiger partial charge in [0.25, 0.3) is 0 Å². The molecule has 0 spiro atoms. The lowest BCUT2D eigenvalue weighted by molar-refractivity contribution is 0.560. The summed E-state index contributed by atoms with van der Waals surface area (Å²) in [6.07, 6.45) is 7.67. The number of hydrogen-bond acceptors (Lipinski definition) is 2. The van der Waals surface area contributed by atoms with Crippen LogP contribution in [0.15, 0.2) is 0 Å². The first-order valence-electron chi connectivity index (χ1n) is 4.91. The largest absolute Gasteiger partial charge is 0.229 e. The van der Waals surface area contributed by atoms with E-state index >= 15 is 0 Å². The van der Waals surface area contributed by atoms with Crippen molar-refractivity contribution in [1.82, 2.24) is 0 Å². The predicted molar refractivity (Wildman–Crippen MR) is 51.0 cm³/mol. The van der Waals surface area contributed by atoms with Crippen molar-refractivity contribution < 1.29 is 8.42 Å². The van der Waals surface area contributed by atoms with Gasteiger partial charge in [-0.25, -0.2) is 8.42 Å². The Balaban J connectivity index is 2.38. The molecule has 72 valence electrons. The van der Waals surface area contributed by atoms with E-state index in [9.17, 15) is 8.42 Å². The molecule has 0 amide bonds. The molecular formula is C9H18O2S. The molecular weight excluding hydrogens is 172 g/mol. The van der Waals surface area contributed by atoms with E-state index in [1.165, 1.54) is 19.3 Å². The molecule has 0 aromatic rings. The molecule has 3 heteroatoms. The second kappa shape index (κ2) is 4.85. The summed E-state index contributed by atoms with van der Waals surface area (Å²) in [5.74, 6) is 0.847. The van der Waals surface area contributed by atoms with E-state index in [1.807, 2.05) is 0 Å². The number of hydrogen-bond donors (Lipinski definition) is 0. The first kappa shape index (κ1) is 10.0. The fraction of sp³-hybridized carbons (Fsp3) is 1.00. The minimum Gasteiger partial charge on any atom is -0.229 e. The quantitative estimate of drug-likeness (QED) is 0.586. The molecule has 0 aliphatic carbocycles. The van der Waals surface area contributed by atoms with Gasteiger partial charge in [0.05, 0.1) is 11.5 Å². The molecule has 1 aliphatic heterocycles. The van der Waals surface area contributed by atoms with Crippen molar-refractivity contribution in [2.24, 2.45) is 0 Å². The van der Waals surface area contributed by atoms with Gasteiger partial charge in [0.1, 0.15) is 9.84 Å². The van der Waals surface area contributed by atoms with Crippen LogP contribution in [0.25, 0.3) is 0 Å². The summed E-state index contributed by atoms with van der Waals surface area (Å²) in [6.45, 7) is 0. The fourth-order valence-electron chi connectivity index (χ4n) is 1.63. The Morgan fingerprint density at radius 3 is 1.33 bits per heavy atom. The molecule has 0 atom stereocenters. The van der Waals surface area contributed by atoms with Crippen molar-refractivity contribution in [2.75, 3.05) is 11.5 Å². The first-order valence-corrected chi connectivity index (χ1v) is 6.73. The van der Waals surface area contributed by atoms with Crippen LogP contribution in [0.4, 0.5) is 0 Å². The lowest BCUT2D eigenvalue weighted by Crippen LogP contribution is -2.11. The first-order chi connectivity index (χ1) is 5.71. The summed E-state index contributed by atoms with van der Waals surface area (Å²) in [5.41, 5.74) is 0. The van der Waals surface area contributed by atoms with Crippen LogP contribution in [-0.4, -0.2) is 19.9 Å². The van der Waals surface area contributed by atoms with Gasteiger partial charge in [-0.1, -0.05) is 32.1 Å². The maximum atomic E-state index is 11.3. The summed E-state index contributed by atoms with van der Waals surface area (Å²) in [4.78, 5) is 0. The minimum absolute atomic E-state index is 0.424. The van der Waals surface area contributed by atoms with E-state index in [0.717, 1.165) is 25.7 Å². The molecule has 1 fully saturated rings. The molecule has 0 bridgehead atoms. The molecule has 0 aromatic heterocycles. The van der Waals surface area contributed by atoms with Gasteiger partial charge in [-0.05, 0) is 12.8 Å². The van der Waals surface area contributed by atoms with Crippen molar-refractivity contribution in [2.45, 2.75) is 44.9 Å². The Labute approximate surface area is 75.3 Å². The molecule has 0 radical (unpaired) electrons. The van der Waals surface area contributed by atoms with Gasteiger partial charge in [-0.2, -0.15) is 0 Å². The Bertz CT molecular complexity index is 191. The Hall–Kier alpha value is -0.0500. The Morgan fingerprint density at radius 1 is 0.583 bits per heavy atom. The van der Waals surface area contributed by atoms with Crippen molar-refractivity contribution in [3.05, 3.63) is 0 Å². The van der Waals surface area contributed by atoms with E-state index in [1.54, 1.807) is 0 Å². The summed E-state index contributed by atoms with van der Waals surface area (Å²) < 4.78 is 22.6. The molecule has 0 saturated carbocycles. The molecule has 1 heterocycles. The van der Waals surface area contributed by atoms with Crippen LogP contribution in [0.5, 0.6) is 0 Å². The fourth-order valence-corrected chi connectivity index (χ4v) is 3.12.